The zero-order chi connectivity index (χ0) is 18.6. The van der Waals surface area contributed by atoms with E-state index in [9.17, 15) is 4.39 Å². The molecule has 1 aliphatic heterocycles. The molecule has 0 radical (unpaired) electrons. The first kappa shape index (κ1) is 17.6. The van der Waals surface area contributed by atoms with Gasteiger partial charge in [-0.05, 0) is 56.6 Å². The maximum atomic E-state index is 13.9. The molecule has 2 aromatic heterocycles. The Bertz CT molecular complexity index is 895. The number of piperidine rings is 1. The van der Waals surface area contributed by atoms with Gasteiger partial charge in [0, 0.05) is 19.3 Å². The standard InChI is InChI=1S/C20H22FN5O/c1-26-10-4-5-14(13-26)11-22-18-9-8-15(12-23-18)20-24-19(25-27-20)16-6-2-3-7-17(16)21/h2-3,6-9,12,14H,4-5,10-11,13H2,1H3,(H,22,23)/t14-/m0/s1. The van der Waals surface area contributed by atoms with Gasteiger partial charge in [0.25, 0.3) is 5.89 Å². The molecule has 0 bridgehead atoms. The van der Waals surface area contributed by atoms with Crippen molar-refractivity contribution < 1.29 is 8.91 Å². The second-order valence-corrected chi connectivity index (χ2v) is 6.99. The Balaban J connectivity index is 1.41. The van der Waals surface area contributed by atoms with E-state index in [0.717, 1.165) is 18.9 Å². The summed E-state index contributed by atoms with van der Waals surface area (Å²) in [5.41, 5.74) is 1.02. The number of hydrogen-bond acceptors (Lipinski definition) is 6. The Morgan fingerprint density at radius 2 is 2.15 bits per heavy atom. The number of aromatic nitrogens is 3. The van der Waals surface area contributed by atoms with Crippen LogP contribution < -0.4 is 5.32 Å². The number of rotatable bonds is 5. The molecule has 7 heteroatoms. The summed E-state index contributed by atoms with van der Waals surface area (Å²) in [6, 6.07) is 10.1. The van der Waals surface area contributed by atoms with Crippen molar-refractivity contribution in [1.29, 1.82) is 0 Å². The Kier molecular flexibility index (Phi) is 5.11. The Labute approximate surface area is 157 Å². The van der Waals surface area contributed by atoms with Crippen molar-refractivity contribution in [2.24, 2.45) is 5.92 Å². The van der Waals surface area contributed by atoms with E-state index in [4.69, 9.17) is 4.52 Å². The van der Waals surface area contributed by atoms with Gasteiger partial charge in [-0.15, -0.1) is 0 Å². The minimum atomic E-state index is -0.379. The molecule has 1 fully saturated rings. The van der Waals surface area contributed by atoms with Crippen LogP contribution in [0.1, 0.15) is 12.8 Å². The first-order chi connectivity index (χ1) is 13.2. The molecule has 3 heterocycles. The molecule has 4 rings (SSSR count). The van der Waals surface area contributed by atoms with Gasteiger partial charge in [-0.3, -0.25) is 0 Å². The van der Waals surface area contributed by atoms with Crippen LogP contribution in [0, 0.1) is 11.7 Å². The quantitative estimate of drug-likeness (QED) is 0.742. The maximum absolute atomic E-state index is 13.9. The predicted octanol–water partition coefficient (Wildman–Crippen LogP) is 3.69. The van der Waals surface area contributed by atoms with E-state index >= 15 is 0 Å². The average Bonchev–Trinajstić information content (AvgIpc) is 3.17. The van der Waals surface area contributed by atoms with E-state index in [1.54, 1.807) is 24.4 Å². The highest BCUT2D eigenvalue weighted by Gasteiger charge is 2.17. The summed E-state index contributed by atoms with van der Waals surface area (Å²) in [4.78, 5) is 11.1. The number of anilines is 1. The molecule has 0 saturated carbocycles. The molecular weight excluding hydrogens is 345 g/mol. The number of nitrogens with one attached hydrogen (secondary N) is 1. The minimum absolute atomic E-state index is 0.228. The summed E-state index contributed by atoms with van der Waals surface area (Å²) in [7, 11) is 2.17. The first-order valence-electron chi connectivity index (χ1n) is 9.16. The van der Waals surface area contributed by atoms with Crippen molar-refractivity contribution in [3.8, 4) is 22.8 Å². The third-order valence-electron chi connectivity index (χ3n) is 4.85. The molecule has 3 aromatic rings. The normalized spacial score (nSPS) is 17.8. The zero-order valence-corrected chi connectivity index (χ0v) is 15.2. The summed E-state index contributed by atoms with van der Waals surface area (Å²) in [6.45, 7) is 3.21. The highest BCUT2D eigenvalue weighted by Crippen LogP contribution is 2.24. The second-order valence-electron chi connectivity index (χ2n) is 6.99. The molecule has 1 aromatic carbocycles. The van der Waals surface area contributed by atoms with Gasteiger partial charge in [0.15, 0.2) is 0 Å². The molecule has 27 heavy (non-hydrogen) atoms. The van der Waals surface area contributed by atoms with E-state index in [1.807, 2.05) is 12.1 Å². The third kappa shape index (κ3) is 4.14. The monoisotopic (exact) mass is 367 g/mol. The molecule has 1 N–H and O–H groups in total. The number of hydrogen-bond donors (Lipinski definition) is 1. The molecule has 0 amide bonds. The average molecular weight is 367 g/mol. The molecule has 1 saturated heterocycles. The summed E-state index contributed by atoms with van der Waals surface area (Å²) >= 11 is 0. The van der Waals surface area contributed by atoms with Crippen molar-refractivity contribution >= 4 is 5.82 Å². The van der Waals surface area contributed by atoms with Gasteiger partial charge in [0.05, 0.1) is 11.1 Å². The van der Waals surface area contributed by atoms with Crippen LogP contribution in [0.3, 0.4) is 0 Å². The van der Waals surface area contributed by atoms with Gasteiger partial charge in [0.1, 0.15) is 11.6 Å². The van der Waals surface area contributed by atoms with E-state index in [-0.39, 0.29) is 11.6 Å². The minimum Gasteiger partial charge on any atom is -0.370 e. The molecule has 6 nitrogen and oxygen atoms in total. The van der Waals surface area contributed by atoms with Crippen LogP contribution in [0.25, 0.3) is 22.8 Å². The number of pyridine rings is 1. The molecule has 0 unspecified atom stereocenters. The molecule has 140 valence electrons. The molecule has 1 atom stereocenters. The smallest absolute Gasteiger partial charge is 0.259 e. The van der Waals surface area contributed by atoms with Gasteiger partial charge in [-0.2, -0.15) is 4.98 Å². The fraction of sp³-hybridized carbons (Fsp3) is 0.350. The Hall–Kier alpha value is -2.80. The number of likely N-dealkylation sites (tertiary alicyclic amines) is 1. The van der Waals surface area contributed by atoms with E-state index in [1.165, 1.54) is 25.5 Å². The second kappa shape index (κ2) is 7.84. The van der Waals surface area contributed by atoms with Gasteiger partial charge in [0.2, 0.25) is 5.82 Å². The summed E-state index contributed by atoms with van der Waals surface area (Å²) in [5, 5.41) is 7.27. The number of nitrogens with zero attached hydrogens (tertiary/aromatic N) is 4. The summed E-state index contributed by atoms with van der Waals surface area (Å²) in [6.07, 6.45) is 4.18. The number of halogens is 1. The van der Waals surface area contributed by atoms with Crippen LogP contribution in [-0.2, 0) is 0 Å². The summed E-state index contributed by atoms with van der Waals surface area (Å²) in [5.74, 6) is 1.63. The lowest BCUT2D eigenvalue weighted by Crippen LogP contribution is -2.35. The largest absolute Gasteiger partial charge is 0.370 e. The zero-order valence-electron chi connectivity index (χ0n) is 15.2. The van der Waals surface area contributed by atoms with Gasteiger partial charge in [-0.1, -0.05) is 17.3 Å². The maximum Gasteiger partial charge on any atom is 0.259 e. The molecule has 1 aliphatic rings. The fourth-order valence-corrected chi connectivity index (χ4v) is 3.41. The summed E-state index contributed by atoms with van der Waals surface area (Å²) < 4.78 is 19.1. The Morgan fingerprint density at radius 3 is 2.93 bits per heavy atom. The van der Waals surface area contributed by atoms with Crippen LogP contribution in [0.2, 0.25) is 0 Å². The van der Waals surface area contributed by atoms with Gasteiger partial charge in [-0.25, -0.2) is 9.37 Å². The van der Waals surface area contributed by atoms with Crippen LogP contribution in [-0.4, -0.2) is 46.7 Å². The van der Waals surface area contributed by atoms with Crippen molar-refractivity contribution in [2.45, 2.75) is 12.8 Å². The molecular formula is C20H22FN5O. The lowest BCUT2D eigenvalue weighted by atomic mass is 9.98. The van der Waals surface area contributed by atoms with Crippen molar-refractivity contribution in [3.05, 3.63) is 48.4 Å². The SMILES string of the molecule is CN1CCC[C@@H](CNc2ccc(-c3nc(-c4ccccc4F)no3)cn2)C1. The van der Waals surface area contributed by atoms with E-state index in [2.05, 4.69) is 32.4 Å². The van der Waals surface area contributed by atoms with Crippen molar-refractivity contribution in [2.75, 3.05) is 32.0 Å². The lowest BCUT2D eigenvalue weighted by molar-refractivity contribution is 0.217. The number of benzene rings is 1. The lowest BCUT2D eigenvalue weighted by Gasteiger charge is -2.29. The van der Waals surface area contributed by atoms with Crippen LogP contribution >= 0.6 is 0 Å². The van der Waals surface area contributed by atoms with E-state index < -0.39 is 0 Å². The van der Waals surface area contributed by atoms with Crippen molar-refractivity contribution in [1.82, 2.24) is 20.0 Å². The topological polar surface area (TPSA) is 67.1 Å². The van der Waals surface area contributed by atoms with Crippen LogP contribution in [0.4, 0.5) is 10.2 Å². The van der Waals surface area contributed by atoms with Gasteiger partial charge < -0.3 is 14.7 Å². The van der Waals surface area contributed by atoms with Crippen LogP contribution in [0.5, 0.6) is 0 Å². The molecule has 0 spiro atoms. The first-order valence-corrected chi connectivity index (χ1v) is 9.16. The highest BCUT2D eigenvalue weighted by atomic mass is 19.1. The van der Waals surface area contributed by atoms with Crippen molar-refractivity contribution in [3.63, 3.8) is 0 Å². The highest BCUT2D eigenvalue weighted by molar-refractivity contribution is 5.60. The molecule has 0 aliphatic carbocycles. The Morgan fingerprint density at radius 1 is 1.26 bits per heavy atom. The van der Waals surface area contributed by atoms with E-state index in [0.29, 0.717) is 22.9 Å². The van der Waals surface area contributed by atoms with Crippen LogP contribution in [0.15, 0.2) is 47.1 Å². The fourth-order valence-electron chi connectivity index (χ4n) is 3.41. The van der Waals surface area contributed by atoms with Gasteiger partial charge >= 0.3 is 0 Å². The third-order valence-corrected chi connectivity index (χ3v) is 4.85. The predicted molar refractivity (Wildman–Crippen MR) is 102 cm³/mol.